The molecule has 6 unspecified atom stereocenters. The summed E-state index contributed by atoms with van der Waals surface area (Å²) >= 11 is 0. The van der Waals surface area contributed by atoms with E-state index in [9.17, 15) is 20.1 Å². The van der Waals surface area contributed by atoms with Gasteiger partial charge in [-0.3, -0.25) is 0 Å². The number of aromatic hydroxyl groups is 1. The average molecular weight is 627 g/mol. The SMILES string of the molecule is C=CCCOC(=O)N(C)C1CC(=NOCC)C2=CC(CCCCO)C(CCCCO)C3c4cc(O)ccc4OC1(OCC=C)C23. The number of rotatable bonds is 17. The average Bonchev–Trinajstić information content (AvgIpc) is 3.04. The standard InChI is InChI=1S/C35H50N2O8/c1-5-8-20-42-34(41)37(4)31-23-29(36-44-7-3)27-21-24(13-9-11-17-38)26(14-10-12-18-39)32-28-22-25(40)15-16-30(28)45-35(31,33(27)32)43-19-6-2/h5-6,15-16,21-22,24,26,31-33,38-40H,1-2,7-14,17-20,23H2,3-4H3. The molecule has 2 aliphatic carbocycles. The van der Waals surface area contributed by atoms with Gasteiger partial charge in [-0.1, -0.05) is 36.2 Å². The number of allylic oxidation sites excluding steroid dienone is 1. The molecule has 10 nitrogen and oxygen atoms in total. The number of aliphatic hydroxyl groups is 2. The first kappa shape index (κ1) is 34.5. The van der Waals surface area contributed by atoms with E-state index in [0.29, 0.717) is 43.8 Å². The number of benzene rings is 1. The minimum absolute atomic E-state index is 0.0945. The summed E-state index contributed by atoms with van der Waals surface area (Å²) in [6.07, 6.45) is 10.7. The van der Waals surface area contributed by atoms with Crippen LogP contribution in [0.2, 0.25) is 0 Å². The van der Waals surface area contributed by atoms with Gasteiger partial charge in [-0.15, -0.1) is 13.2 Å². The van der Waals surface area contributed by atoms with Gasteiger partial charge in [0.15, 0.2) is 0 Å². The highest BCUT2D eigenvalue weighted by atomic mass is 16.7. The summed E-state index contributed by atoms with van der Waals surface area (Å²) in [6.45, 7) is 10.5. The molecule has 248 valence electrons. The van der Waals surface area contributed by atoms with Crippen molar-refractivity contribution in [3.63, 3.8) is 0 Å². The first-order valence-electron chi connectivity index (χ1n) is 16.3. The number of unbranched alkanes of at least 4 members (excludes halogenated alkanes) is 2. The third kappa shape index (κ3) is 7.39. The van der Waals surface area contributed by atoms with Crippen LogP contribution in [0.1, 0.15) is 69.8 Å². The number of phenols is 1. The van der Waals surface area contributed by atoms with Crippen molar-refractivity contribution in [2.75, 3.05) is 40.1 Å². The van der Waals surface area contributed by atoms with Gasteiger partial charge < -0.3 is 39.3 Å². The van der Waals surface area contributed by atoms with Crippen LogP contribution in [-0.2, 0) is 14.3 Å². The molecule has 1 heterocycles. The summed E-state index contributed by atoms with van der Waals surface area (Å²) in [7, 11) is 1.69. The Kier molecular flexibility index (Phi) is 12.5. The highest BCUT2D eigenvalue weighted by Crippen LogP contribution is 2.61. The summed E-state index contributed by atoms with van der Waals surface area (Å²) in [5.74, 6) is -0.984. The Balaban J connectivity index is 1.95. The van der Waals surface area contributed by atoms with Crippen molar-refractivity contribution in [3.05, 3.63) is 60.7 Å². The van der Waals surface area contributed by atoms with Crippen LogP contribution in [0.4, 0.5) is 4.79 Å². The maximum atomic E-state index is 13.5. The van der Waals surface area contributed by atoms with E-state index < -0.39 is 23.8 Å². The molecule has 0 radical (unpaired) electrons. The maximum absolute atomic E-state index is 13.5. The number of fused-ring (bicyclic) bond motifs is 2. The van der Waals surface area contributed by atoms with Gasteiger partial charge >= 0.3 is 6.09 Å². The van der Waals surface area contributed by atoms with E-state index in [1.165, 1.54) is 0 Å². The third-order valence-electron chi connectivity index (χ3n) is 9.26. The summed E-state index contributed by atoms with van der Waals surface area (Å²) < 4.78 is 19.3. The van der Waals surface area contributed by atoms with Crippen LogP contribution in [0.5, 0.6) is 11.5 Å². The van der Waals surface area contributed by atoms with Crippen LogP contribution >= 0.6 is 0 Å². The van der Waals surface area contributed by atoms with Gasteiger partial charge in [0.2, 0.25) is 5.79 Å². The van der Waals surface area contributed by atoms with Crippen LogP contribution < -0.4 is 4.74 Å². The van der Waals surface area contributed by atoms with E-state index in [0.717, 1.165) is 36.8 Å². The Morgan fingerprint density at radius 3 is 2.60 bits per heavy atom. The number of hydrogen-bond acceptors (Lipinski definition) is 9. The molecule has 0 aromatic heterocycles. The second kappa shape index (κ2) is 16.3. The predicted octanol–water partition coefficient (Wildman–Crippen LogP) is 5.69. The topological polar surface area (TPSA) is 130 Å². The number of ether oxygens (including phenoxy) is 3. The zero-order valence-corrected chi connectivity index (χ0v) is 26.7. The molecular weight excluding hydrogens is 576 g/mol. The number of amides is 1. The van der Waals surface area contributed by atoms with Gasteiger partial charge in [0.05, 0.1) is 24.8 Å². The van der Waals surface area contributed by atoms with Gasteiger partial charge in [0.25, 0.3) is 0 Å². The smallest absolute Gasteiger partial charge is 0.409 e. The maximum Gasteiger partial charge on any atom is 0.409 e. The summed E-state index contributed by atoms with van der Waals surface area (Å²) in [6, 6.07) is 4.50. The Morgan fingerprint density at radius 2 is 1.91 bits per heavy atom. The molecule has 4 rings (SSSR count). The van der Waals surface area contributed by atoms with Crippen molar-refractivity contribution in [1.82, 2.24) is 4.90 Å². The summed E-state index contributed by atoms with van der Waals surface area (Å²) in [4.78, 5) is 20.7. The van der Waals surface area contributed by atoms with Crippen molar-refractivity contribution < 1.29 is 39.2 Å². The van der Waals surface area contributed by atoms with Gasteiger partial charge in [0, 0.05) is 38.2 Å². The van der Waals surface area contributed by atoms with E-state index in [1.54, 1.807) is 42.3 Å². The van der Waals surface area contributed by atoms with Crippen LogP contribution in [0.3, 0.4) is 0 Å². The van der Waals surface area contributed by atoms with Crippen LogP contribution in [0, 0.1) is 17.8 Å². The van der Waals surface area contributed by atoms with Crippen molar-refractivity contribution in [1.29, 1.82) is 0 Å². The molecule has 3 aliphatic rings. The predicted molar refractivity (Wildman–Crippen MR) is 172 cm³/mol. The van der Waals surface area contributed by atoms with Gasteiger partial charge in [0.1, 0.15) is 24.1 Å². The summed E-state index contributed by atoms with van der Waals surface area (Å²) in [5, 5.41) is 34.6. The second-order valence-corrected chi connectivity index (χ2v) is 12.0. The molecular formula is C35H50N2O8. The molecule has 1 amide bonds. The molecule has 0 bridgehead atoms. The lowest BCUT2D eigenvalue weighted by molar-refractivity contribution is -0.253. The number of carbonyl (C=O) groups is 1. The molecule has 1 aromatic rings. The van der Waals surface area contributed by atoms with Gasteiger partial charge in [-0.05, 0) is 74.6 Å². The summed E-state index contributed by atoms with van der Waals surface area (Å²) in [5.41, 5.74) is 2.54. The fourth-order valence-corrected chi connectivity index (χ4v) is 7.34. The lowest BCUT2D eigenvalue weighted by atomic mass is 9.55. The Morgan fingerprint density at radius 1 is 1.16 bits per heavy atom. The fourth-order valence-electron chi connectivity index (χ4n) is 7.34. The molecule has 0 spiro atoms. The van der Waals surface area contributed by atoms with Crippen molar-refractivity contribution >= 4 is 11.8 Å². The Bertz CT molecular complexity index is 1230. The van der Waals surface area contributed by atoms with E-state index >= 15 is 0 Å². The monoisotopic (exact) mass is 626 g/mol. The van der Waals surface area contributed by atoms with Gasteiger partial charge in [-0.25, -0.2) is 4.79 Å². The molecule has 10 heteroatoms. The van der Waals surface area contributed by atoms with Crippen LogP contribution in [0.25, 0.3) is 0 Å². The third-order valence-corrected chi connectivity index (χ3v) is 9.26. The number of oxime groups is 1. The normalized spacial score (nSPS) is 27.4. The largest absolute Gasteiger partial charge is 0.508 e. The molecule has 6 atom stereocenters. The molecule has 1 aromatic carbocycles. The minimum Gasteiger partial charge on any atom is -0.508 e. The van der Waals surface area contributed by atoms with E-state index in [-0.39, 0.29) is 49.9 Å². The molecule has 1 aliphatic heterocycles. The second-order valence-electron chi connectivity index (χ2n) is 12.0. The lowest BCUT2D eigenvalue weighted by Gasteiger charge is -2.59. The minimum atomic E-state index is -1.34. The van der Waals surface area contributed by atoms with Crippen LogP contribution in [0.15, 0.2) is 60.3 Å². The number of carbonyl (C=O) groups excluding carboxylic acids is 1. The zero-order chi connectivity index (χ0) is 32.4. The van der Waals surface area contributed by atoms with E-state index in [2.05, 4.69) is 24.4 Å². The van der Waals surface area contributed by atoms with E-state index in [1.807, 2.05) is 6.92 Å². The number of phenolic OH excluding ortho intramolecular Hbond substituents is 1. The first-order chi connectivity index (χ1) is 21.9. The fraction of sp³-hybridized carbons (Fsp3) is 0.600. The number of nitrogens with zero attached hydrogens (tertiary/aromatic N) is 2. The van der Waals surface area contributed by atoms with Crippen molar-refractivity contribution in [2.45, 2.75) is 76.0 Å². The highest BCUT2D eigenvalue weighted by molar-refractivity contribution is 6.02. The van der Waals surface area contributed by atoms with E-state index in [4.69, 9.17) is 19.0 Å². The van der Waals surface area contributed by atoms with Crippen molar-refractivity contribution in [3.8, 4) is 11.5 Å². The van der Waals surface area contributed by atoms with Crippen LogP contribution in [-0.4, -0.2) is 83.9 Å². The molecule has 1 fully saturated rings. The zero-order valence-electron chi connectivity index (χ0n) is 26.7. The number of hydrogen-bond donors (Lipinski definition) is 3. The Hall–Kier alpha value is -3.34. The quantitative estimate of drug-likeness (QED) is 0.114. The number of likely N-dealkylation sites (N-methyl/N-ethyl adjacent to an activating group) is 1. The van der Waals surface area contributed by atoms with Crippen molar-refractivity contribution in [2.24, 2.45) is 22.9 Å². The molecule has 0 saturated heterocycles. The Labute approximate surface area is 267 Å². The number of aliphatic hydroxyl groups excluding tert-OH is 2. The molecule has 3 N–H and O–H groups in total. The lowest BCUT2D eigenvalue weighted by Crippen LogP contribution is -2.69. The van der Waals surface area contributed by atoms with Gasteiger partial charge in [-0.2, -0.15) is 0 Å². The molecule has 45 heavy (non-hydrogen) atoms. The first-order valence-corrected chi connectivity index (χ1v) is 16.3. The molecule has 1 saturated carbocycles. The highest BCUT2D eigenvalue weighted by Gasteiger charge is 2.65.